The number of anilines is 1. The van der Waals surface area contributed by atoms with Gasteiger partial charge in [-0.15, -0.1) is 11.3 Å². The number of nitrogens with one attached hydrogen (secondary N) is 1. The molecule has 0 atom stereocenters. The van der Waals surface area contributed by atoms with Crippen LogP contribution in [-0.2, 0) is 10.0 Å². The minimum Gasteiger partial charge on any atom is -0.277 e. The van der Waals surface area contributed by atoms with Crippen molar-refractivity contribution in [2.24, 2.45) is 0 Å². The maximum Gasteiger partial charge on any atom is 0.271 e. The molecule has 2 aromatic rings. The number of hydrogen-bond donors (Lipinski definition) is 1. The van der Waals surface area contributed by atoms with Gasteiger partial charge in [-0.3, -0.25) is 4.72 Å². The van der Waals surface area contributed by atoms with E-state index < -0.39 is 10.0 Å². The van der Waals surface area contributed by atoms with Crippen LogP contribution in [0.25, 0.3) is 0 Å². The molecule has 0 unspecified atom stereocenters. The maximum absolute atomic E-state index is 12.2. The molecule has 0 aliphatic carbocycles. The van der Waals surface area contributed by atoms with Gasteiger partial charge in [0.15, 0.2) is 0 Å². The zero-order valence-corrected chi connectivity index (χ0v) is 14.9. The fraction of sp³-hybridized carbons (Fsp3) is 0.182. The van der Waals surface area contributed by atoms with Gasteiger partial charge in [0.2, 0.25) is 0 Å². The molecule has 0 spiro atoms. The summed E-state index contributed by atoms with van der Waals surface area (Å²) < 4.78 is 28.8. The average Bonchev–Trinajstić information content (AvgIpc) is 2.64. The molecule has 0 saturated carbocycles. The van der Waals surface area contributed by atoms with Gasteiger partial charge in [-0.1, -0.05) is 0 Å². The van der Waals surface area contributed by atoms with E-state index in [1.165, 1.54) is 11.3 Å². The summed E-state index contributed by atoms with van der Waals surface area (Å²) in [6.45, 7) is 3.60. The molecule has 0 amide bonds. The van der Waals surface area contributed by atoms with Crippen molar-refractivity contribution in [2.45, 2.75) is 18.1 Å². The third kappa shape index (κ3) is 3.36. The van der Waals surface area contributed by atoms with Crippen LogP contribution >= 0.6 is 43.2 Å². The number of sulfonamides is 1. The summed E-state index contributed by atoms with van der Waals surface area (Å²) >= 11 is 7.75. The van der Waals surface area contributed by atoms with Crippen molar-refractivity contribution >= 4 is 58.9 Å². The molecule has 0 aliphatic heterocycles. The Bertz CT molecular complexity index is 707. The van der Waals surface area contributed by atoms with E-state index in [-0.39, 0.29) is 4.21 Å². The van der Waals surface area contributed by atoms with Gasteiger partial charge < -0.3 is 0 Å². The normalized spacial score (nSPS) is 11.6. The molecular formula is C11H10Br2N2O2S2. The lowest BCUT2D eigenvalue weighted by atomic mass is 10.3. The first kappa shape index (κ1) is 15.0. The van der Waals surface area contributed by atoms with Gasteiger partial charge in [0.05, 0.1) is 15.2 Å². The van der Waals surface area contributed by atoms with E-state index in [0.29, 0.717) is 16.0 Å². The lowest BCUT2D eigenvalue weighted by molar-refractivity contribution is 0.603. The van der Waals surface area contributed by atoms with Crippen LogP contribution in [0.5, 0.6) is 0 Å². The van der Waals surface area contributed by atoms with E-state index in [1.807, 2.05) is 6.92 Å². The summed E-state index contributed by atoms with van der Waals surface area (Å²) in [5.74, 6) is 0. The average molecular weight is 426 g/mol. The van der Waals surface area contributed by atoms with Crippen molar-refractivity contribution in [2.75, 3.05) is 4.72 Å². The lowest BCUT2D eigenvalue weighted by Gasteiger charge is -2.08. The van der Waals surface area contributed by atoms with Gasteiger partial charge in [0.1, 0.15) is 8.81 Å². The van der Waals surface area contributed by atoms with Crippen LogP contribution in [0, 0.1) is 13.8 Å². The van der Waals surface area contributed by atoms with Crippen LogP contribution in [0.2, 0.25) is 0 Å². The van der Waals surface area contributed by atoms with Crippen LogP contribution < -0.4 is 4.72 Å². The topological polar surface area (TPSA) is 59.1 Å². The van der Waals surface area contributed by atoms with Crippen molar-refractivity contribution in [1.82, 2.24) is 4.98 Å². The standard InChI is InChI=1S/C11H10Br2N2O2S2/c1-6-5-10(18-11(6)13)19(16,17)15-8-3-4-9(12)14-7(8)2/h3-5,15H,1-2H3. The highest BCUT2D eigenvalue weighted by Gasteiger charge is 2.19. The van der Waals surface area contributed by atoms with Gasteiger partial charge in [0, 0.05) is 0 Å². The van der Waals surface area contributed by atoms with Crippen LogP contribution in [0.15, 0.2) is 30.8 Å². The quantitative estimate of drug-likeness (QED) is 0.753. The second-order valence-electron chi connectivity index (χ2n) is 3.89. The first-order chi connectivity index (χ1) is 8.79. The minimum atomic E-state index is -3.57. The Morgan fingerprint density at radius 1 is 1.26 bits per heavy atom. The minimum absolute atomic E-state index is 0.277. The fourth-order valence-corrected chi connectivity index (χ4v) is 5.14. The first-order valence-electron chi connectivity index (χ1n) is 5.21. The van der Waals surface area contributed by atoms with Crippen molar-refractivity contribution in [3.63, 3.8) is 0 Å². The van der Waals surface area contributed by atoms with Crippen molar-refractivity contribution in [1.29, 1.82) is 0 Å². The third-order valence-corrected chi connectivity index (χ3v) is 6.81. The number of aromatic nitrogens is 1. The highest BCUT2D eigenvalue weighted by Crippen LogP contribution is 2.31. The Morgan fingerprint density at radius 3 is 2.47 bits per heavy atom. The monoisotopic (exact) mass is 424 g/mol. The largest absolute Gasteiger partial charge is 0.277 e. The highest BCUT2D eigenvalue weighted by molar-refractivity contribution is 9.11. The number of thiophene rings is 1. The highest BCUT2D eigenvalue weighted by atomic mass is 79.9. The van der Waals surface area contributed by atoms with E-state index in [0.717, 1.165) is 9.35 Å². The molecule has 0 aliphatic rings. The second kappa shape index (κ2) is 5.51. The van der Waals surface area contributed by atoms with E-state index in [9.17, 15) is 8.42 Å². The number of hydrogen-bond acceptors (Lipinski definition) is 4. The van der Waals surface area contributed by atoms with E-state index in [4.69, 9.17) is 0 Å². The van der Waals surface area contributed by atoms with Crippen LogP contribution in [0.4, 0.5) is 5.69 Å². The Morgan fingerprint density at radius 2 is 1.95 bits per heavy atom. The fourth-order valence-electron chi connectivity index (χ4n) is 1.40. The van der Waals surface area contributed by atoms with Gasteiger partial charge >= 0.3 is 0 Å². The number of aryl methyl sites for hydroxylation is 2. The molecule has 0 radical (unpaired) electrons. The van der Waals surface area contributed by atoms with Crippen LogP contribution in [-0.4, -0.2) is 13.4 Å². The molecule has 0 saturated heterocycles. The van der Waals surface area contributed by atoms with Crippen molar-refractivity contribution in [3.8, 4) is 0 Å². The molecule has 8 heteroatoms. The molecular weight excluding hydrogens is 416 g/mol. The van der Waals surface area contributed by atoms with E-state index in [1.54, 1.807) is 25.1 Å². The molecule has 102 valence electrons. The number of pyridine rings is 1. The Hall–Kier alpha value is -0.440. The van der Waals surface area contributed by atoms with Gasteiger partial charge in [0.25, 0.3) is 10.0 Å². The van der Waals surface area contributed by atoms with Gasteiger partial charge in [-0.05, 0) is 69.5 Å². The van der Waals surface area contributed by atoms with E-state index in [2.05, 4.69) is 41.6 Å². The maximum atomic E-state index is 12.2. The molecule has 0 bridgehead atoms. The Kier molecular flexibility index (Phi) is 4.34. The Balaban J connectivity index is 2.36. The number of halogens is 2. The second-order valence-corrected chi connectivity index (χ2v) is 8.99. The number of nitrogens with zero attached hydrogens (tertiary/aromatic N) is 1. The van der Waals surface area contributed by atoms with Crippen LogP contribution in [0.3, 0.4) is 0 Å². The molecule has 19 heavy (non-hydrogen) atoms. The molecule has 2 heterocycles. The number of rotatable bonds is 3. The predicted octanol–water partition coefficient (Wildman–Crippen LogP) is 4.09. The first-order valence-corrected chi connectivity index (χ1v) is 9.10. The zero-order chi connectivity index (χ0) is 14.2. The molecule has 0 fully saturated rings. The van der Waals surface area contributed by atoms with Gasteiger partial charge in [-0.25, -0.2) is 13.4 Å². The SMILES string of the molecule is Cc1cc(S(=O)(=O)Nc2ccc(Br)nc2C)sc1Br. The molecule has 0 aromatic carbocycles. The smallest absolute Gasteiger partial charge is 0.271 e. The summed E-state index contributed by atoms with van der Waals surface area (Å²) in [6.07, 6.45) is 0. The predicted molar refractivity (Wildman–Crippen MR) is 84.2 cm³/mol. The molecule has 4 nitrogen and oxygen atoms in total. The summed E-state index contributed by atoms with van der Waals surface area (Å²) in [4.78, 5) is 4.16. The van der Waals surface area contributed by atoms with Gasteiger partial charge in [-0.2, -0.15) is 0 Å². The zero-order valence-electron chi connectivity index (χ0n) is 10.1. The van der Waals surface area contributed by atoms with Crippen molar-refractivity contribution < 1.29 is 8.42 Å². The summed E-state index contributed by atoms with van der Waals surface area (Å²) in [5, 5.41) is 0. The summed E-state index contributed by atoms with van der Waals surface area (Å²) in [7, 11) is -3.57. The third-order valence-electron chi connectivity index (χ3n) is 2.40. The molecule has 2 aromatic heterocycles. The van der Waals surface area contributed by atoms with Crippen LogP contribution in [0.1, 0.15) is 11.3 Å². The van der Waals surface area contributed by atoms with E-state index >= 15 is 0 Å². The molecule has 1 N–H and O–H groups in total. The van der Waals surface area contributed by atoms with Crippen molar-refractivity contribution in [3.05, 3.63) is 37.8 Å². The summed E-state index contributed by atoms with van der Waals surface area (Å²) in [6, 6.07) is 5.01. The lowest BCUT2D eigenvalue weighted by Crippen LogP contribution is -2.12. The summed E-state index contributed by atoms with van der Waals surface area (Å²) in [5.41, 5.74) is 1.99. The molecule has 2 rings (SSSR count). The Labute approximate surface area is 132 Å².